The second-order valence-corrected chi connectivity index (χ2v) is 4.96. The highest BCUT2D eigenvalue weighted by Crippen LogP contribution is 2.22. The zero-order valence-corrected chi connectivity index (χ0v) is 10.3. The highest BCUT2D eigenvalue weighted by atomic mass is 16.5. The summed E-state index contributed by atoms with van der Waals surface area (Å²) in [5.41, 5.74) is 6.03. The van der Waals surface area contributed by atoms with E-state index in [9.17, 15) is 0 Å². The Bertz CT molecular complexity index is 494. The molecule has 2 aromatic rings. The minimum absolute atomic E-state index is 0.123. The number of nitrogens with zero attached hydrogens (tertiary/aromatic N) is 4. The highest BCUT2D eigenvalue weighted by Gasteiger charge is 2.22. The van der Waals surface area contributed by atoms with E-state index in [1.165, 1.54) is 0 Å². The molecule has 2 aromatic heterocycles. The van der Waals surface area contributed by atoms with Gasteiger partial charge in [0.2, 0.25) is 0 Å². The van der Waals surface area contributed by atoms with E-state index in [-0.39, 0.29) is 5.41 Å². The molecule has 2 heterocycles. The third kappa shape index (κ3) is 2.52. The van der Waals surface area contributed by atoms with Gasteiger partial charge in [0.1, 0.15) is 5.69 Å². The summed E-state index contributed by atoms with van der Waals surface area (Å²) in [6.45, 7) is 7.41. The minimum atomic E-state index is -0.123. The van der Waals surface area contributed by atoms with Crippen molar-refractivity contribution < 1.29 is 4.52 Å². The number of hydrogen-bond acceptors (Lipinski definition) is 5. The van der Waals surface area contributed by atoms with Gasteiger partial charge in [-0.05, 0) is 0 Å². The first-order valence-corrected chi connectivity index (χ1v) is 5.57. The Morgan fingerprint density at radius 3 is 2.76 bits per heavy atom. The van der Waals surface area contributed by atoms with Gasteiger partial charge in [-0.2, -0.15) is 4.98 Å². The Morgan fingerprint density at radius 1 is 1.41 bits per heavy atom. The van der Waals surface area contributed by atoms with Crippen LogP contribution in [0.25, 0.3) is 11.6 Å². The molecule has 0 bridgehead atoms. The van der Waals surface area contributed by atoms with Gasteiger partial charge in [-0.25, -0.2) is 4.98 Å². The van der Waals surface area contributed by atoms with E-state index in [1.807, 2.05) is 31.5 Å². The van der Waals surface area contributed by atoms with E-state index in [4.69, 9.17) is 10.3 Å². The summed E-state index contributed by atoms with van der Waals surface area (Å²) in [7, 11) is 0. The van der Waals surface area contributed by atoms with Gasteiger partial charge in [-0.15, -0.1) is 0 Å². The van der Waals surface area contributed by atoms with Crippen molar-refractivity contribution in [3.63, 3.8) is 0 Å². The number of aromatic nitrogens is 4. The van der Waals surface area contributed by atoms with Crippen molar-refractivity contribution in [2.45, 2.75) is 32.7 Å². The first kappa shape index (κ1) is 11.8. The summed E-state index contributed by atoms with van der Waals surface area (Å²) in [5, 5.41) is 3.96. The second-order valence-electron chi connectivity index (χ2n) is 4.96. The van der Waals surface area contributed by atoms with Crippen LogP contribution in [0.4, 0.5) is 0 Å². The Balaban J connectivity index is 2.24. The summed E-state index contributed by atoms with van der Waals surface area (Å²) in [5.74, 6) is 1.13. The van der Waals surface area contributed by atoms with Gasteiger partial charge < -0.3 is 14.8 Å². The van der Waals surface area contributed by atoms with Gasteiger partial charge in [-0.1, -0.05) is 25.9 Å². The maximum absolute atomic E-state index is 5.47. The molecule has 17 heavy (non-hydrogen) atoms. The molecule has 0 aromatic carbocycles. The van der Waals surface area contributed by atoms with Crippen LogP contribution in [0.2, 0.25) is 0 Å². The van der Waals surface area contributed by atoms with E-state index in [1.54, 1.807) is 6.33 Å². The monoisotopic (exact) mass is 235 g/mol. The lowest BCUT2D eigenvalue weighted by molar-refractivity contribution is 0.401. The SMILES string of the molecule is CC(C)(C)c1noc(-c2cn(CCN)cn2)n1. The number of nitrogens with two attached hydrogens (primary N) is 1. The van der Waals surface area contributed by atoms with E-state index >= 15 is 0 Å². The van der Waals surface area contributed by atoms with Crippen LogP contribution in [-0.4, -0.2) is 26.2 Å². The quantitative estimate of drug-likeness (QED) is 0.864. The molecule has 0 unspecified atom stereocenters. The van der Waals surface area contributed by atoms with Crippen LogP contribution in [0.3, 0.4) is 0 Å². The predicted molar refractivity (Wildman–Crippen MR) is 63.3 cm³/mol. The van der Waals surface area contributed by atoms with Gasteiger partial charge >= 0.3 is 0 Å². The Kier molecular flexibility index (Phi) is 2.97. The fraction of sp³-hybridized carbons (Fsp3) is 0.545. The van der Waals surface area contributed by atoms with Crippen molar-refractivity contribution in [1.82, 2.24) is 19.7 Å². The molecule has 0 atom stereocenters. The molecule has 0 spiro atoms. The van der Waals surface area contributed by atoms with Crippen LogP contribution in [0.15, 0.2) is 17.0 Å². The Hall–Kier alpha value is -1.69. The van der Waals surface area contributed by atoms with Crippen molar-refractivity contribution in [1.29, 1.82) is 0 Å². The van der Waals surface area contributed by atoms with Crippen molar-refractivity contribution in [2.24, 2.45) is 5.73 Å². The summed E-state index contributed by atoms with van der Waals surface area (Å²) < 4.78 is 7.10. The van der Waals surface area contributed by atoms with Crippen molar-refractivity contribution >= 4 is 0 Å². The van der Waals surface area contributed by atoms with Gasteiger partial charge in [0.05, 0.1) is 6.33 Å². The molecule has 6 nitrogen and oxygen atoms in total. The summed E-state index contributed by atoms with van der Waals surface area (Å²) >= 11 is 0. The average Bonchev–Trinajstić information content (AvgIpc) is 2.82. The lowest BCUT2D eigenvalue weighted by Crippen LogP contribution is -2.13. The molecule has 0 radical (unpaired) electrons. The molecular formula is C11H17N5O. The summed E-state index contributed by atoms with van der Waals surface area (Å²) in [6, 6.07) is 0. The standard InChI is InChI=1S/C11H17N5O/c1-11(2,3)10-14-9(17-15-10)8-6-16(5-4-12)7-13-8/h6-7H,4-5,12H2,1-3H3. The van der Waals surface area contributed by atoms with E-state index < -0.39 is 0 Å². The average molecular weight is 235 g/mol. The van der Waals surface area contributed by atoms with Crippen LogP contribution < -0.4 is 5.73 Å². The Morgan fingerprint density at radius 2 is 2.18 bits per heavy atom. The lowest BCUT2D eigenvalue weighted by atomic mass is 9.96. The molecule has 0 aliphatic rings. The molecule has 0 aliphatic carbocycles. The first-order chi connectivity index (χ1) is 8.00. The van der Waals surface area contributed by atoms with Gasteiger partial charge in [0.25, 0.3) is 5.89 Å². The molecule has 0 fully saturated rings. The van der Waals surface area contributed by atoms with E-state index in [0.29, 0.717) is 24.0 Å². The molecule has 0 aliphatic heterocycles. The highest BCUT2D eigenvalue weighted by molar-refractivity contribution is 5.44. The summed E-state index contributed by atoms with van der Waals surface area (Å²) in [4.78, 5) is 8.55. The van der Waals surface area contributed by atoms with Crippen molar-refractivity contribution in [2.75, 3.05) is 6.54 Å². The Labute approximate surface area is 99.8 Å². The first-order valence-electron chi connectivity index (χ1n) is 5.57. The molecule has 0 amide bonds. The zero-order valence-electron chi connectivity index (χ0n) is 10.3. The van der Waals surface area contributed by atoms with E-state index in [0.717, 1.165) is 6.54 Å². The molecule has 0 saturated carbocycles. The fourth-order valence-electron chi connectivity index (χ4n) is 1.37. The molecule has 6 heteroatoms. The van der Waals surface area contributed by atoms with Crippen molar-refractivity contribution in [3.05, 3.63) is 18.3 Å². The van der Waals surface area contributed by atoms with Gasteiger partial charge in [0.15, 0.2) is 5.82 Å². The smallest absolute Gasteiger partial charge is 0.278 e. The van der Waals surface area contributed by atoms with Gasteiger partial charge in [-0.3, -0.25) is 0 Å². The zero-order chi connectivity index (χ0) is 12.5. The summed E-state index contributed by atoms with van der Waals surface area (Å²) in [6.07, 6.45) is 3.57. The van der Waals surface area contributed by atoms with Crippen molar-refractivity contribution in [3.8, 4) is 11.6 Å². The third-order valence-electron chi connectivity index (χ3n) is 2.34. The molecule has 2 N–H and O–H groups in total. The number of imidazole rings is 1. The molecular weight excluding hydrogens is 218 g/mol. The number of rotatable bonds is 3. The normalized spacial score (nSPS) is 12.0. The largest absolute Gasteiger partial charge is 0.335 e. The number of hydrogen-bond donors (Lipinski definition) is 1. The molecule has 92 valence electrons. The topological polar surface area (TPSA) is 82.8 Å². The predicted octanol–water partition coefficient (Wildman–Crippen LogP) is 1.19. The maximum atomic E-state index is 5.47. The minimum Gasteiger partial charge on any atom is -0.335 e. The van der Waals surface area contributed by atoms with Crippen LogP contribution in [-0.2, 0) is 12.0 Å². The molecule has 2 rings (SSSR count). The maximum Gasteiger partial charge on any atom is 0.278 e. The second kappa shape index (κ2) is 4.29. The third-order valence-corrected chi connectivity index (χ3v) is 2.34. The molecule has 0 saturated heterocycles. The van der Waals surface area contributed by atoms with Crippen LogP contribution in [0.5, 0.6) is 0 Å². The van der Waals surface area contributed by atoms with Crippen LogP contribution >= 0.6 is 0 Å². The van der Waals surface area contributed by atoms with E-state index in [2.05, 4.69) is 15.1 Å². The van der Waals surface area contributed by atoms with Crippen LogP contribution in [0.1, 0.15) is 26.6 Å². The van der Waals surface area contributed by atoms with Gasteiger partial charge in [0, 0.05) is 24.7 Å². The fourth-order valence-corrected chi connectivity index (χ4v) is 1.37. The lowest BCUT2D eigenvalue weighted by Gasteiger charge is -2.10. The van der Waals surface area contributed by atoms with Crippen LogP contribution in [0, 0.1) is 0 Å².